The van der Waals surface area contributed by atoms with Gasteiger partial charge < -0.3 is 0 Å². The maximum absolute atomic E-state index is 11.6. The number of aromatic nitrogens is 4. The van der Waals surface area contributed by atoms with E-state index in [4.69, 9.17) is 5.14 Å². The number of rotatable bonds is 4. The van der Waals surface area contributed by atoms with E-state index in [1.54, 1.807) is 6.07 Å². The molecule has 2 aromatic rings. The van der Waals surface area contributed by atoms with Crippen LogP contribution in [0.15, 0.2) is 23.4 Å². The van der Waals surface area contributed by atoms with Gasteiger partial charge in [0.25, 0.3) is 15.2 Å². The minimum atomic E-state index is -3.91. The van der Waals surface area contributed by atoms with E-state index in [1.807, 2.05) is 32.9 Å². The van der Waals surface area contributed by atoms with Crippen LogP contribution in [-0.4, -0.2) is 28.2 Å². The highest BCUT2D eigenvalue weighted by molar-refractivity contribution is 7.89. The second-order valence-corrected chi connectivity index (χ2v) is 6.48. The molecule has 0 amide bonds. The largest absolute Gasteiger partial charge is 0.295 e. The summed E-state index contributed by atoms with van der Waals surface area (Å²) in [6, 6.07) is 5.46. The summed E-state index contributed by atoms with van der Waals surface area (Å²) in [6.07, 6.45) is 0. The van der Waals surface area contributed by atoms with Crippen molar-refractivity contribution in [2.75, 3.05) is 0 Å². The average molecular weight is 295 g/mol. The third-order valence-electron chi connectivity index (χ3n) is 2.64. The molecule has 0 bridgehead atoms. The third kappa shape index (κ3) is 3.02. The first-order chi connectivity index (χ1) is 9.29. The van der Waals surface area contributed by atoms with E-state index in [-0.39, 0.29) is 11.1 Å². The second kappa shape index (κ2) is 5.29. The number of hydrogen-bond donors (Lipinski definition) is 1. The van der Waals surface area contributed by atoms with Crippen LogP contribution in [0.5, 0.6) is 0 Å². The molecule has 0 saturated carbocycles. The Labute approximate surface area is 117 Å². The first-order valence-electron chi connectivity index (χ1n) is 6.19. The number of hydrogen-bond acceptors (Lipinski definition) is 5. The molecule has 2 aromatic heterocycles. The first kappa shape index (κ1) is 14.6. The smallest absolute Gasteiger partial charge is 0.273 e. The van der Waals surface area contributed by atoms with Gasteiger partial charge in [-0.2, -0.15) is 0 Å². The monoisotopic (exact) mass is 295 g/mol. The molecule has 0 atom stereocenters. The Morgan fingerprint density at radius 3 is 2.55 bits per heavy atom. The van der Waals surface area contributed by atoms with E-state index in [0.717, 1.165) is 5.69 Å². The van der Waals surface area contributed by atoms with E-state index in [0.29, 0.717) is 18.1 Å². The molecule has 8 heteroatoms. The molecule has 0 unspecified atom stereocenters. The molecular weight excluding hydrogens is 278 g/mol. The molecule has 2 heterocycles. The lowest BCUT2D eigenvalue weighted by molar-refractivity contribution is 0.486. The maximum atomic E-state index is 11.6. The zero-order valence-electron chi connectivity index (χ0n) is 11.6. The van der Waals surface area contributed by atoms with Crippen molar-refractivity contribution in [1.29, 1.82) is 0 Å². The van der Waals surface area contributed by atoms with Gasteiger partial charge in [0.05, 0.1) is 0 Å². The SMILES string of the molecule is Cc1cccc(-c2nnc(S(N)(=O)=O)n2CC(C)C)n1. The summed E-state index contributed by atoms with van der Waals surface area (Å²) in [6.45, 7) is 6.25. The molecule has 7 nitrogen and oxygen atoms in total. The number of aryl methyl sites for hydroxylation is 1. The van der Waals surface area contributed by atoms with Gasteiger partial charge in [0.2, 0.25) is 0 Å². The van der Waals surface area contributed by atoms with Crippen molar-refractivity contribution >= 4 is 10.0 Å². The third-order valence-corrected chi connectivity index (χ3v) is 3.45. The van der Waals surface area contributed by atoms with Crippen LogP contribution in [0, 0.1) is 12.8 Å². The van der Waals surface area contributed by atoms with Gasteiger partial charge >= 0.3 is 0 Å². The van der Waals surface area contributed by atoms with Crippen LogP contribution < -0.4 is 5.14 Å². The van der Waals surface area contributed by atoms with E-state index in [9.17, 15) is 8.42 Å². The predicted molar refractivity (Wildman–Crippen MR) is 74.2 cm³/mol. The summed E-state index contributed by atoms with van der Waals surface area (Å²) < 4.78 is 24.7. The molecule has 108 valence electrons. The molecule has 0 aromatic carbocycles. The van der Waals surface area contributed by atoms with E-state index in [1.165, 1.54) is 4.57 Å². The normalized spacial score (nSPS) is 12.1. The van der Waals surface area contributed by atoms with Gasteiger partial charge in [-0.1, -0.05) is 19.9 Å². The van der Waals surface area contributed by atoms with Crippen LogP contribution in [0.4, 0.5) is 0 Å². The van der Waals surface area contributed by atoms with Crippen LogP contribution in [0.3, 0.4) is 0 Å². The van der Waals surface area contributed by atoms with Gasteiger partial charge in [0.1, 0.15) is 5.69 Å². The van der Waals surface area contributed by atoms with Crippen LogP contribution in [0.2, 0.25) is 0 Å². The standard InChI is InChI=1S/C12H17N5O2S/c1-8(2)7-17-11(10-6-4-5-9(3)14-10)15-16-12(17)20(13,18)19/h4-6,8H,7H2,1-3H3,(H2,13,18,19). The van der Waals surface area contributed by atoms with Gasteiger partial charge in [0.15, 0.2) is 5.82 Å². The zero-order chi connectivity index (χ0) is 14.9. The predicted octanol–water partition coefficient (Wildman–Crippen LogP) is 0.952. The highest BCUT2D eigenvalue weighted by Gasteiger charge is 2.23. The summed E-state index contributed by atoms with van der Waals surface area (Å²) in [7, 11) is -3.91. The Kier molecular flexibility index (Phi) is 3.87. The fraction of sp³-hybridized carbons (Fsp3) is 0.417. The van der Waals surface area contributed by atoms with Crippen LogP contribution in [0.1, 0.15) is 19.5 Å². The Hall–Kier alpha value is -1.80. The first-order valence-corrected chi connectivity index (χ1v) is 7.73. The Balaban J connectivity index is 2.62. The van der Waals surface area contributed by atoms with Crippen molar-refractivity contribution < 1.29 is 8.42 Å². The van der Waals surface area contributed by atoms with Crippen LogP contribution in [0.25, 0.3) is 11.5 Å². The average Bonchev–Trinajstić information content (AvgIpc) is 2.71. The lowest BCUT2D eigenvalue weighted by atomic mass is 10.2. The lowest BCUT2D eigenvalue weighted by Gasteiger charge is -2.11. The Bertz CT molecular complexity index is 721. The summed E-state index contributed by atoms with van der Waals surface area (Å²) in [5.41, 5.74) is 1.40. The molecule has 0 fully saturated rings. The van der Waals surface area contributed by atoms with Crippen molar-refractivity contribution in [3.8, 4) is 11.5 Å². The quantitative estimate of drug-likeness (QED) is 0.904. The summed E-state index contributed by atoms with van der Waals surface area (Å²) in [5.74, 6) is 0.626. The molecular formula is C12H17N5O2S. The van der Waals surface area contributed by atoms with Crippen LogP contribution in [-0.2, 0) is 16.6 Å². The van der Waals surface area contributed by atoms with Gasteiger partial charge in [-0.25, -0.2) is 18.5 Å². The summed E-state index contributed by atoms with van der Waals surface area (Å²) >= 11 is 0. The van der Waals surface area contributed by atoms with E-state index < -0.39 is 10.0 Å². The number of primary sulfonamides is 1. The number of nitrogens with two attached hydrogens (primary N) is 1. The van der Waals surface area contributed by atoms with Crippen molar-refractivity contribution in [3.05, 3.63) is 23.9 Å². The lowest BCUT2D eigenvalue weighted by Crippen LogP contribution is -2.20. The molecule has 0 aliphatic heterocycles. The Morgan fingerprint density at radius 2 is 2.00 bits per heavy atom. The minimum absolute atomic E-state index is 0.218. The maximum Gasteiger partial charge on any atom is 0.273 e. The fourth-order valence-electron chi connectivity index (χ4n) is 1.89. The summed E-state index contributed by atoms with van der Waals surface area (Å²) in [5, 5.41) is 12.6. The molecule has 20 heavy (non-hydrogen) atoms. The van der Waals surface area contributed by atoms with Gasteiger partial charge in [-0.05, 0) is 25.0 Å². The molecule has 2 rings (SSSR count). The van der Waals surface area contributed by atoms with Gasteiger partial charge in [-0.15, -0.1) is 10.2 Å². The molecule has 2 N–H and O–H groups in total. The molecule has 0 spiro atoms. The van der Waals surface area contributed by atoms with Gasteiger partial charge in [-0.3, -0.25) is 4.57 Å². The van der Waals surface area contributed by atoms with Crippen molar-refractivity contribution in [2.45, 2.75) is 32.5 Å². The molecule has 0 saturated heterocycles. The highest BCUT2D eigenvalue weighted by atomic mass is 32.2. The van der Waals surface area contributed by atoms with Crippen LogP contribution >= 0.6 is 0 Å². The number of sulfonamides is 1. The Morgan fingerprint density at radius 1 is 1.30 bits per heavy atom. The van der Waals surface area contributed by atoms with Crippen molar-refractivity contribution in [3.63, 3.8) is 0 Å². The van der Waals surface area contributed by atoms with E-state index >= 15 is 0 Å². The van der Waals surface area contributed by atoms with Gasteiger partial charge in [0, 0.05) is 12.2 Å². The fourth-order valence-corrected chi connectivity index (χ4v) is 2.51. The highest BCUT2D eigenvalue weighted by Crippen LogP contribution is 2.20. The molecule has 0 radical (unpaired) electrons. The molecule has 0 aliphatic carbocycles. The van der Waals surface area contributed by atoms with Crippen molar-refractivity contribution in [2.24, 2.45) is 11.1 Å². The van der Waals surface area contributed by atoms with Crippen molar-refractivity contribution in [1.82, 2.24) is 19.7 Å². The van der Waals surface area contributed by atoms with E-state index in [2.05, 4.69) is 15.2 Å². The topological polar surface area (TPSA) is 104 Å². The number of pyridine rings is 1. The number of nitrogens with zero attached hydrogens (tertiary/aromatic N) is 4. The zero-order valence-corrected chi connectivity index (χ0v) is 12.4. The summed E-state index contributed by atoms with van der Waals surface area (Å²) in [4.78, 5) is 4.35. The minimum Gasteiger partial charge on any atom is -0.295 e. The molecule has 0 aliphatic rings. The second-order valence-electron chi connectivity index (χ2n) is 5.02.